The molecule has 0 unspecified atom stereocenters. The topological polar surface area (TPSA) is 9.23 Å². The predicted molar refractivity (Wildman–Crippen MR) is 77.3 cm³/mol. The zero-order chi connectivity index (χ0) is 12.3. The smallest absolute Gasteiger partial charge is 0.119 e. The number of aryl methyl sites for hydroxylation is 1. The van der Waals surface area contributed by atoms with E-state index in [0.717, 1.165) is 16.8 Å². The minimum Gasteiger partial charge on any atom is -0.493 e. The SMILES string of the molecule is Cc1cc(OCC(C)(C)[SiH](C)C)ccc1Br. The van der Waals surface area contributed by atoms with Crippen LogP contribution in [0.15, 0.2) is 22.7 Å². The average molecular weight is 301 g/mol. The summed E-state index contributed by atoms with van der Waals surface area (Å²) < 4.78 is 7.02. The van der Waals surface area contributed by atoms with E-state index in [2.05, 4.69) is 55.9 Å². The van der Waals surface area contributed by atoms with Gasteiger partial charge in [-0.2, -0.15) is 0 Å². The highest BCUT2D eigenvalue weighted by Crippen LogP contribution is 2.30. The molecule has 0 heterocycles. The Morgan fingerprint density at radius 2 is 1.94 bits per heavy atom. The third kappa shape index (κ3) is 3.63. The Balaban J connectivity index is 2.65. The molecule has 1 rings (SSSR count). The van der Waals surface area contributed by atoms with Crippen LogP contribution in [0.1, 0.15) is 19.4 Å². The molecule has 0 fully saturated rings. The molecule has 0 aliphatic heterocycles. The van der Waals surface area contributed by atoms with E-state index in [-0.39, 0.29) is 0 Å². The van der Waals surface area contributed by atoms with Gasteiger partial charge in [-0.05, 0) is 35.7 Å². The molecule has 0 bridgehead atoms. The molecular weight excluding hydrogens is 280 g/mol. The Kier molecular flexibility index (Phi) is 4.62. The quantitative estimate of drug-likeness (QED) is 0.749. The van der Waals surface area contributed by atoms with Crippen molar-refractivity contribution in [2.24, 2.45) is 0 Å². The molecule has 0 aromatic heterocycles. The summed E-state index contributed by atoms with van der Waals surface area (Å²) in [5, 5.41) is 0.348. The van der Waals surface area contributed by atoms with Crippen molar-refractivity contribution in [2.75, 3.05) is 6.61 Å². The fourth-order valence-corrected chi connectivity index (χ4v) is 1.81. The Morgan fingerprint density at radius 3 is 2.44 bits per heavy atom. The number of hydrogen-bond donors (Lipinski definition) is 0. The highest BCUT2D eigenvalue weighted by molar-refractivity contribution is 9.10. The van der Waals surface area contributed by atoms with Crippen LogP contribution >= 0.6 is 15.9 Å². The molecule has 0 spiro atoms. The largest absolute Gasteiger partial charge is 0.493 e. The summed E-state index contributed by atoms with van der Waals surface area (Å²) in [5.41, 5.74) is 1.22. The van der Waals surface area contributed by atoms with Crippen LogP contribution in [0.5, 0.6) is 5.75 Å². The van der Waals surface area contributed by atoms with Gasteiger partial charge in [0.15, 0.2) is 0 Å². The van der Waals surface area contributed by atoms with E-state index in [4.69, 9.17) is 4.74 Å². The normalized spacial score (nSPS) is 11.9. The van der Waals surface area contributed by atoms with Crippen LogP contribution in [0.2, 0.25) is 18.1 Å². The summed E-state index contributed by atoms with van der Waals surface area (Å²) >= 11 is 3.49. The zero-order valence-corrected chi connectivity index (χ0v) is 13.5. The van der Waals surface area contributed by atoms with Crippen molar-refractivity contribution in [1.82, 2.24) is 0 Å². The first-order valence-corrected chi connectivity index (χ1v) is 9.40. The molecule has 1 aromatic carbocycles. The molecule has 0 aliphatic carbocycles. The first kappa shape index (κ1) is 13.8. The van der Waals surface area contributed by atoms with Gasteiger partial charge in [-0.15, -0.1) is 0 Å². The molecule has 0 radical (unpaired) electrons. The standard InChI is InChI=1S/C13H21BrOSi/c1-10-8-11(6-7-12(10)14)15-9-13(2,3)16(4)5/h6-8,16H,9H2,1-5H3. The molecule has 0 atom stereocenters. The van der Waals surface area contributed by atoms with Crippen LogP contribution < -0.4 is 4.74 Å². The molecular formula is C13H21BrOSi. The van der Waals surface area contributed by atoms with Gasteiger partial charge in [-0.25, -0.2) is 0 Å². The van der Waals surface area contributed by atoms with Gasteiger partial charge in [0.1, 0.15) is 5.75 Å². The summed E-state index contributed by atoms with van der Waals surface area (Å²) in [6.45, 7) is 12.2. The van der Waals surface area contributed by atoms with Gasteiger partial charge >= 0.3 is 0 Å². The van der Waals surface area contributed by atoms with Crippen molar-refractivity contribution >= 4 is 24.7 Å². The lowest BCUT2D eigenvalue weighted by Crippen LogP contribution is -2.27. The van der Waals surface area contributed by atoms with E-state index in [9.17, 15) is 0 Å². The van der Waals surface area contributed by atoms with Gasteiger partial charge in [0.2, 0.25) is 0 Å². The maximum Gasteiger partial charge on any atom is 0.119 e. The van der Waals surface area contributed by atoms with Crippen molar-refractivity contribution in [2.45, 2.75) is 38.9 Å². The zero-order valence-electron chi connectivity index (χ0n) is 10.8. The second kappa shape index (κ2) is 5.37. The fourth-order valence-electron chi connectivity index (χ4n) is 1.14. The van der Waals surface area contributed by atoms with Gasteiger partial charge in [0.05, 0.1) is 6.61 Å². The molecule has 1 nitrogen and oxygen atoms in total. The van der Waals surface area contributed by atoms with Crippen molar-refractivity contribution < 1.29 is 4.74 Å². The van der Waals surface area contributed by atoms with Crippen molar-refractivity contribution in [3.63, 3.8) is 0 Å². The van der Waals surface area contributed by atoms with Crippen LogP contribution in [-0.4, -0.2) is 15.4 Å². The monoisotopic (exact) mass is 300 g/mol. The highest BCUT2D eigenvalue weighted by Gasteiger charge is 2.24. The van der Waals surface area contributed by atoms with Gasteiger partial charge in [0.25, 0.3) is 0 Å². The van der Waals surface area contributed by atoms with E-state index in [0.29, 0.717) is 5.04 Å². The number of halogens is 1. The van der Waals surface area contributed by atoms with Gasteiger partial charge in [-0.1, -0.05) is 42.9 Å². The molecule has 0 N–H and O–H groups in total. The number of hydrogen-bond acceptors (Lipinski definition) is 1. The average Bonchev–Trinajstić information content (AvgIpc) is 2.20. The lowest BCUT2D eigenvalue weighted by atomic mass is 10.2. The van der Waals surface area contributed by atoms with Crippen LogP contribution in [0.3, 0.4) is 0 Å². The molecule has 3 heteroatoms. The molecule has 16 heavy (non-hydrogen) atoms. The third-order valence-corrected chi connectivity index (χ3v) is 7.49. The maximum absolute atomic E-state index is 5.88. The van der Waals surface area contributed by atoms with Gasteiger partial charge < -0.3 is 4.74 Å². The number of ether oxygens (including phenoxy) is 1. The van der Waals surface area contributed by atoms with E-state index in [1.165, 1.54) is 5.56 Å². The van der Waals surface area contributed by atoms with Crippen LogP contribution in [-0.2, 0) is 0 Å². The summed E-state index contributed by atoms with van der Waals surface area (Å²) in [6.07, 6.45) is 0. The lowest BCUT2D eigenvalue weighted by molar-refractivity contribution is 0.276. The van der Waals surface area contributed by atoms with E-state index >= 15 is 0 Å². The van der Waals surface area contributed by atoms with Crippen LogP contribution in [0, 0.1) is 6.92 Å². The number of rotatable bonds is 4. The molecule has 0 saturated heterocycles. The fraction of sp³-hybridized carbons (Fsp3) is 0.538. The second-order valence-electron chi connectivity index (χ2n) is 5.34. The summed E-state index contributed by atoms with van der Waals surface area (Å²) in [5.74, 6) is 0.975. The van der Waals surface area contributed by atoms with E-state index < -0.39 is 8.80 Å². The first-order chi connectivity index (χ1) is 7.33. The Bertz CT molecular complexity index is 361. The summed E-state index contributed by atoms with van der Waals surface area (Å²) in [6, 6.07) is 6.15. The minimum atomic E-state index is -0.677. The molecule has 0 saturated carbocycles. The summed E-state index contributed by atoms with van der Waals surface area (Å²) in [4.78, 5) is 0. The molecule has 1 aromatic rings. The lowest BCUT2D eigenvalue weighted by Gasteiger charge is -2.28. The minimum absolute atomic E-state index is 0.348. The Labute approximate surface area is 109 Å². The van der Waals surface area contributed by atoms with Crippen LogP contribution in [0.25, 0.3) is 0 Å². The predicted octanol–water partition coefficient (Wildman–Crippen LogP) is 4.40. The van der Waals surface area contributed by atoms with E-state index in [1.54, 1.807) is 0 Å². The van der Waals surface area contributed by atoms with E-state index in [1.807, 2.05) is 12.1 Å². The Morgan fingerprint density at radius 1 is 1.31 bits per heavy atom. The van der Waals surface area contributed by atoms with Crippen molar-refractivity contribution in [1.29, 1.82) is 0 Å². The third-order valence-electron chi connectivity index (χ3n) is 3.30. The van der Waals surface area contributed by atoms with Crippen molar-refractivity contribution in [3.8, 4) is 5.75 Å². The molecule has 0 amide bonds. The number of benzene rings is 1. The van der Waals surface area contributed by atoms with Gasteiger partial charge in [0, 0.05) is 13.3 Å². The molecule has 90 valence electrons. The first-order valence-electron chi connectivity index (χ1n) is 5.72. The second-order valence-corrected chi connectivity index (χ2v) is 10.1. The van der Waals surface area contributed by atoms with Crippen LogP contribution in [0.4, 0.5) is 0 Å². The van der Waals surface area contributed by atoms with Crippen molar-refractivity contribution in [3.05, 3.63) is 28.2 Å². The summed E-state index contributed by atoms with van der Waals surface area (Å²) in [7, 11) is -0.677. The Hall–Kier alpha value is -0.283. The maximum atomic E-state index is 5.88. The molecule has 0 aliphatic rings. The highest BCUT2D eigenvalue weighted by atomic mass is 79.9. The van der Waals surface area contributed by atoms with Gasteiger partial charge in [-0.3, -0.25) is 0 Å².